The Morgan fingerprint density at radius 1 is 1.03 bits per heavy atom. The van der Waals surface area contributed by atoms with E-state index in [0.29, 0.717) is 29.7 Å². The molecule has 1 aliphatic rings. The van der Waals surface area contributed by atoms with Crippen LogP contribution in [0.2, 0.25) is 0 Å². The van der Waals surface area contributed by atoms with Gasteiger partial charge in [-0.2, -0.15) is 0 Å². The molecule has 9 nitrogen and oxygen atoms in total. The first-order valence-electron chi connectivity index (χ1n) is 10.2. The average molecular weight is 465 g/mol. The molecule has 0 radical (unpaired) electrons. The van der Waals surface area contributed by atoms with Crippen molar-refractivity contribution in [2.24, 2.45) is 0 Å². The van der Waals surface area contributed by atoms with Crippen molar-refractivity contribution in [1.29, 1.82) is 0 Å². The second kappa shape index (κ2) is 8.14. The Kier molecular flexibility index (Phi) is 5.14. The Hall–Kier alpha value is -4.05. The number of nitrogens with one attached hydrogen (secondary N) is 2. The lowest BCUT2D eigenvalue weighted by atomic mass is 10.2. The number of fused-ring (bicyclic) bond motifs is 2. The number of anilines is 2. The van der Waals surface area contributed by atoms with Crippen molar-refractivity contribution in [2.75, 3.05) is 16.8 Å². The molecule has 0 unspecified atom stereocenters. The van der Waals surface area contributed by atoms with Crippen LogP contribution in [-0.2, 0) is 16.6 Å². The summed E-state index contributed by atoms with van der Waals surface area (Å²) in [5.74, 6) is 0.951. The van der Waals surface area contributed by atoms with E-state index in [9.17, 15) is 13.2 Å². The van der Waals surface area contributed by atoms with Gasteiger partial charge in [0.2, 0.25) is 12.7 Å². The van der Waals surface area contributed by atoms with Crippen LogP contribution in [0, 0.1) is 0 Å². The zero-order valence-electron chi connectivity index (χ0n) is 17.6. The van der Waals surface area contributed by atoms with Crippen LogP contribution in [0.1, 0.15) is 17.3 Å². The van der Waals surface area contributed by atoms with Gasteiger partial charge < -0.3 is 14.0 Å². The second-order valence-corrected chi connectivity index (χ2v) is 9.01. The molecule has 0 saturated carbocycles. The number of carbonyl (C=O) groups excluding carboxylic acids is 1. The van der Waals surface area contributed by atoms with E-state index in [1.165, 1.54) is 18.2 Å². The fourth-order valence-corrected chi connectivity index (χ4v) is 4.74. The molecule has 3 aromatic carbocycles. The molecule has 5 rings (SSSR count). The van der Waals surface area contributed by atoms with Crippen molar-refractivity contribution < 1.29 is 22.7 Å². The Morgan fingerprint density at radius 2 is 1.85 bits per heavy atom. The minimum atomic E-state index is -3.94. The summed E-state index contributed by atoms with van der Waals surface area (Å²) < 4.78 is 40.8. The smallest absolute Gasteiger partial charge is 0.261 e. The highest BCUT2D eigenvalue weighted by molar-refractivity contribution is 7.92. The lowest BCUT2D eigenvalue weighted by Crippen LogP contribution is -2.17. The monoisotopic (exact) mass is 464 g/mol. The summed E-state index contributed by atoms with van der Waals surface area (Å²) in [5.41, 5.74) is 2.18. The van der Waals surface area contributed by atoms with Gasteiger partial charge in [-0.15, -0.1) is 0 Å². The third kappa shape index (κ3) is 3.96. The number of para-hydroxylation sites is 2. The highest BCUT2D eigenvalue weighted by Gasteiger charge is 2.20. The largest absolute Gasteiger partial charge is 0.454 e. The maximum Gasteiger partial charge on any atom is 0.261 e. The number of amides is 1. The standard InChI is InChI=1S/C23H20N4O5S/c1-2-27-19-9-4-3-8-18(19)24-23(27)25-22(28)15-6-5-7-17(12-15)33(29,30)26-16-10-11-20-21(13-16)32-14-31-20/h3-13,26H,2,14H2,1H3,(H,24,25,28). The average Bonchev–Trinajstić information content (AvgIpc) is 3.42. The Bertz CT molecular complexity index is 1480. The Morgan fingerprint density at radius 3 is 2.70 bits per heavy atom. The summed E-state index contributed by atoms with van der Waals surface area (Å²) in [7, 11) is -3.94. The second-order valence-electron chi connectivity index (χ2n) is 7.32. The van der Waals surface area contributed by atoms with E-state index >= 15 is 0 Å². The molecule has 168 valence electrons. The van der Waals surface area contributed by atoms with E-state index in [1.54, 1.807) is 24.3 Å². The molecule has 10 heteroatoms. The molecular formula is C23H20N4O5S. The molecule has 0 fully saturated rings. The van der Waals surface area contributed by atoms with Crippen molar-refractivity contribution in [3.63, 3.8) is 0 Å². The molecule has 1 aromatic heterocycles. The van der Waals surface area contributed by atoms with Crippen molar-refractivity contribution in [3.05, 3.63) is 72.3 Å². The lowest BCUT2D eigenvalue weighted by Gasteiger charge is -2.11. The van der Waals surface area contributed by atoms with Gasteiger partial charge in [0, 0.05) is 18.2 Å². The zero-order valence-corrected chi connectivity index (χ0v) is 18.4. The number of hydrogen-bond acceptors (Lipinski definition) is 6. The van der Waals surface area contributed by atoms with E-state index in [4.69, 9.17) is 9.47 Å². The third-order valence-corrected chi connectivity index (χ3v) is 6.61. The maximum atomic E-state index is 12.9. The summed E-state index contributed by atoms with van der Waals surface area (Å²) in [5, 5.41) is 2.79. The molecule has 2 heterocycles. The number of rotatable bonds is 6. The molecule has 1 aliphatic heterocycles. The van der Waals surface area contributed by atoms with Crippen molar-refractivity contribution in [2.45, 2.75) is 18.4 Å². The number of nitrogens with zero attached hydrogens (tertiary/aromatic N) is 2. The molecule has 1 amide bonds. The number of aromatic nitrogens is 2. The van der Waals surface area contributed by atoms with E-state index in [2.05, 4.69) is 15.0 Å². The van der Waals surface area contributed by atoms with Gasteiger partial charge in [-0.1, -0.05) is 18.2 Å². The fraction of sp³-hybridized carbons (Fsp3) is 0.130. The highest BCUT2D eigenvalue weighted by Crippen LogP contribution is 2.34. The van der Waals surface area contributed by atoms with Crippen LogP contribution in [0.15, 0.2) is 71.6 Å². The SMILES string of the molecule is CCn1c(NC(=O)c2cccc(S(=O)(=O)Nc3ccc4c(c3)OCO4)c2)nc2ccccc21. The van der Waals surface area contributed by atoms with E-state index in [0.717, 1.165) is 11.0 Å². The van der Waals surface area contributed by atoms with Crippen LogP contribution in [0.3, 0.4) is 0 Å². The van der Waals surface area contributed by atoms with Gasteiger partial charge >= 0.3 is 0 Å². The van der Waals surface area contributed by atoms with E-state index in [1.807, 2.05) is 35.8 Å². The van der Waals surface area contributed by atoms with Gasteiger partial charge in [0.1, 0.15) is 0 Å². The zero-order chi connectivity index (χ0) is 23.0. The van der Waals surface area contributed by atoms with Gasteiger partial charge in [-0.25, -0.2) is 13.4 Å². The molecular weight excluding hydrogens is 444 g/mol. The van der Waals surface area contributed by atoms with Gasteiger partial charge in [0.25, 0.3) is 15.9 Å². The summed E-state index contributed by atoms with van der Waals surface area (Å²) in [6.45, 7) is 2.66. The molecule has 0 spiro atoms. The van der Waals surface area contributed by atoms with Gasteiger partial charge in [0.15, 0.2) is 11.5 Å². The van der Waals surface area contributed by atoms with Crippen LogP contribution < -0.4 is 19.5 Å². The van der Waals surface area contributed by atoms with E-state index < -0.39 is 15.9 Å². The minimum absolute atomic E-state index is 0.0446. The molecule has 0 aliphatic carbocycles. The molecule has 4 aromatic rings. The fourth-order valence-electron chi connectivity index (χ4n) is 3.64. The van der Waals surface area contributed by atoms with Gasteiger partial charge in [-0.3, -0.25) is 14.8 Å². The predicted molar refractivity (Wildman–Crippen MR) is 123 cm³/mol. The minimum Gasteiger partial charge on any atom is -0.454 e. The summed E-state index contributed by atoms with van der Waals surface area (Å²) >= 11 is 0. The number of carbonyl (C=O) groups is 1. The van der Waals surface area contributed by atoms with Crippen molar-refractivity contribution in [1.82, 2.24) is 9.55 Å². The third-order valence-electron chi connectivity index (χ3n) is 5.23. The number of imidazole rings is 1. The highest BCUT2D eigenvalue weighted by atomic mass is 32.2. The quantitative estimate of drug-likeness (QED) is 0.449. The first kappa shape index (κ1) is 20.8. The summed E-state index contributed by atoms with van der Waals surface area (Å²) in [4.78, 5) is 17.4. The summed E-state index contributed by atoms with van der Waals surface area (Å²) in [6, 6.07) is 18.2. The van der Waals surface area contributed by atoms with E-state index in [-0.39, 0.29) is 17.3 Å². The normalized spacial score (nSPS) is 12.6. The molecule has 33 heavy (non-hydrogen) atoms. The van der Waals surface area contributed by atoms with Crippen LogP contribution in [0.4, 0.5) is 11.6 Å². The first-order valence-corrected chi connectivity index (χ1v) is 11.7. The number of aryl methyl sites for hydroxylation is 1. The Balaban J connectivity index is 1.39. The topological polar surface area (TPSA) is 112 Å². The Labute approximate surface area is 190 Å². The van der Waals surface area contributed by atoms with Crippen LogP contribution in [0.25, 0.3) is 11.0 Å². The van der Waals surface area contributed by atoms with Gasteiger partial charge in [-0.05, 0) is 49.4 Å². The van der Waals surface area contributed by atoms with Gasteiger partial charge in [0.05, 0.1) is 21.6 Å². The van der Waals surface area contributed by atoms with Crippen molar-refractivity contribution in [3.8, 4) is 11.5 Å². The van der Waals surface area contributed by atoms with Crippen LogP contribution in [-0.4, -0.2) is 30.7 Å². The molecule has 0 atom stereocenters. The van der Waals surface area contributed by atoms with Crippen LogP contribution >= 0.6 is 0 Å². The van der Waals surface area contributed by atoms with Crippen molar-refractivity contribution >= 4 is 38.6 Å². The number of sulfonamides is 1. The first-order chi connectivity index (χ1) is 15.9. The predicted octanol–water partition coefficient (Wildman–Crippen LogP) is 3.84. The van der Waals surface area contributed by atoms with Crippen LogP contribution in [0.5, 0.6) is 11.5 Å². The molecule has 0 saturated heterocycles. The molecule has 2 N–H and O–H groups in total. The maximum absolute atomic E-state index is 12.9. The lowest BCUT2D eigenvalue weighted by molar-refractivity contribution is 0.102. The number of hydrogen-bond donors (Lipinski definition) is 2. The number of ether oxygens (including phenoxy) is 2. The number of benzene rings is 3. The summed E-state index contributed by atoms with van der Waals surface area (Å²) in [6.07, 6.45) is 0. The molecule has 0 bridgehead atoms.